The van der Waals surface area contributed by atoms with E-state index in [0.717, 1.165) is 15.8 Å². The Balaban J connectivity index is 2.37. The molecule has 2 aromatic heterocycles. The number of halogens is 1. The third-order valence-electron chi connectivity index (χ3n) is 1.73. The van der Waals surface area contributed by atoms with E-state index in [0.29, 0.717) is 5.15 Å². The van der Waals surface area contributed by atoms with Crippen LogP contribution in [0.25, 0.3) is 10.7 Å². The molecule has 2 rings (SSSR count). The summed E-state index contributed by atoms with van der Waals surface area (Å²) < 4.78 is 0. The summed E-state index contributed by atoms with van der Waals surface area (Å²) in [6.07, 6.45) is 0. The first-order valence-electron chi connectivity index (χ1n) is 4.30. The van der Waals surface area contributed by atoms with Gasteiger partial charge in [-0.2, -0.15) is 0 Å². The van der Waals surface area contributed by atoms with Crippen LogP contribution in [0.15, 0.2) is 18.2 Å². The normalized spacial score (nSPS) is 10.3. The highest BCUT2D eigenvalue weighted by Crippen LogP contribution is 2.26. The van der Waals surface area contributed by atoms with Crippen LogP contribution < -0.4 is 4.90 Å². The predicted molar refractivity (Wildman–Crippen MR) is 62.5 cm³/mol. The summed E-state index contributed by atoms with van der Waals surface area (Å²) in [7, 11) is 3.85. The van der Waals surface area contributed by atoms with Gasteiger partial charge < -0.3 is 4.90 Å². The van der Waals surface area contributed by atoms with Crippen molar-refractivity contribution in [1.82, 2.24) is 15.2 Å². The van der Waals surface area contributed by atoms with Gasteiger partial charge >= 0.3 is 0 Å². The van der Waals surface area contributed by atoms with Crippen LogP contribution in [0.2, 0.25) is 5.15 Å². The Kier molecular flexibility index (Phi) is 2.83. The molecule has 0 atom stereocenters. The third kappa shape index (κ3) is 2.24. The fraction of sp³-hybridized carbons (Fsp3) is 0.222. The monoisotopic (exact) mass is 240 g/mol. The van der Waals surface area contributed by atoms with Crippen LogP contribution in [0, 0.1) is 0 Å². The number of pyridine rings is 1. The largest absolute Gasteiger partial charge is 0.353 e. The van der Waals surface area contributed by atoms with Crippen molar-refractivity contribution < 1.29 is 0 Å². The Hall–Kier alpha value is -1.20. The molecule has 4 nitrogen and oxygen atoms in total. The Morgan fingerprint density at radius 1 is 1.27 bits per heavy atom. The minimum atomic E-state index is 0.467. The van der Waals surface area contributed by atoms with Gasteiger partial charge in [-0.15, -0.1) is 10.2 Å². The second-order valence-electron chi connectivity index (χ2n) is 3.13. The summed E-state index contributed by atoms with van der Waals surface area (Å²) in [6.45, 7) is 0. The molecule has 6 heteroatoms. The molecular formula is C9H9ClN4S. The zero-order valence-corrected chi connectivity index (χ0v) is 9.88. The number of rotatable bonds is 2. The van der Waals surface area contributed by atoms with Crippen molar-refractivity contribution in [3.05, 3.63) is 23.4 Å². The van der Waals surface area contributed by atoms with Crippen molar-refractivity contribution in [2.45, 2.75) is 0 Å². The molecule has 0 bridgehead atoms. The van der Waals surface area contributed by atoms with Gasteiger partial charge in [0.2, 0.25) is 5.13 Å². The van der Waals surface area contributed by atoms with Crippen molar-refractivity contribution in [3.63, 3.8) is 0 Å². The van der Waals surface area contributed by atoms with Gasteiger partial charge in [-0.05, 0) is 12.1 Å². The Morgan fingerprint density at radius 3 is 2.67 bits per heavy atom. The van der Waals surface area contributed by atoms with Crippen LogP contribution in [0.1, 0.15) is 0 Å². The smallest absolute Gasteiger partial charge is 0.208 e. The molecular weight excluding hydrogens is 232 g/mol. The maximum Gasteiger partial charge on any atom is 0.208 e. The molecule has 0 saturated heterocycles. The highest BCUT2D eigenvalue weighted by molar-refractivity contribution is 7.18. The fourth-order valence-electron chi connectivity index (χ4n) is 1.03. The first kappa shape index (κ1) is 10.3. The molecule has 15 heavy (non-hydrogen) atoms. The van der Waals surface area contributed by atoms with Gasteiger partial charge in [0.15, 0.2) is 5.01 Å². The van der Waals surface area contributed by atoms with Crippen molar-refractivity contribution in [2.24, 2.45) is 0 Å². The van der Waals surface area contributed by atoms with E-state index in [1.165, 1.54) is 11.3 Å². The van der Waals surface area contributed by atoms with Crippen LogP contribution in [-0.4, -0.2) is 29.3 Å². The zero-order valence-electron chi connectivity index (χ0n) is 8.31. The molecule has 0 unspecified atom stereocenters. The zero-order chi connectivity index (χ0) is 10.8. The van der Waals surface area contributed by atoms with Crippen molar-refractivity contribution >= 4 is 28.1 Å². The second-order valence-corrected chi connectivity index (χ2v) is 4.47. The van der Waals surface area contributed by atoms with Crippen LogP contribution in [0.4, 0.5) is 5.13 Å². The van der Waals surface area contributed by atoms with Crippen LogP contribution in [-0.2, 0) is 0 Å². The van der Waals surface area contributed by atoms with Gasteiger partial charge in [0.1, 0.15) is 10.8 Å². The first-order valence-corrected chi connectivity index (χ1v) is 5.50. The summed E-state index contributed by atoms with van der Waals surface area (Å²) >= 11 is 7.28. The SMILES string of the molecule is CN(C)c1nnc(-c2cccc(Cl)n2)s1. The molecule has 0 aliphatic heterocycles. The van der Waals surface area contributed by atoms with E-state index in [9.17, 15) is 0 Å². The van der Waals surface area contributed by atoms with Crippen molar-refractivity contribution in [1.29, 1.82) is 0 Å². The molecule has 0 amide bonds. The Labute approximate surface area is 96.5 Å². The lowest BCUT2D eigenvalue weighted by Crippen LogP contribution is -2.07. The lowest BCUT2D eigenvalue weighted by atomic mass is 10.4. The maximum absolute atomic E-state index is 5.80. The van der Waals surface area contributed by atoms with Gasteiger partial charge in [-0.25, -0.2) is 4.98 Å². The van der Waals surface area contributed by atoms with Crippen LogP contribution >= 0.6 is 22.9 Å². The molecule has 2 aromatic rings. The third-order valence-corrected chi connectivity index (χ3v) is 3.06. The highest BCUT2D eigenvalue weighted by Gasteiger charge is 2.08. The molecule has 2 heterocycles. The standard InChI is InChI=1S/C9H9ClN4S/c1-14(2)9-13-12-8(15-9)6-4-3-5-7(10)11-6/h3-5H,1-2H3. The molecule has 0 spiro atoms. The highest BCUT2D eigenvalue weighted by atomic mass is 35.5. The molecule has 0 saturated carbocycles. The van der Waals surface area contributed by atoms with E-state index in [1.54, 1.807) is 6.07 Å². The second kappa shape index (κ2) is 4.12. The van der Waals surface area contributed by atoms with E-state index < -0.39 is 0 Å². The maximum atomic E-state index is 5.80. The molecule has 78 valence electrons. The van der Waals surface area contributed by atoms with Gasteiger partial charge in [0.05, 0.1) is 0 Å². The average molecular weight is 241 g/mol. The number of hydrogen-bond donors (Lipinski definition) is 0. The van der Waals surface area contributed by atoms with Crippen LogP contribution in [0.3, 0.4) is 0 Å². The predicted octanol–water partition coefficient (Wildman–Crippen LogP) is 2.32. The molecule has 0 fully saturated rings. The van der Waals surface area contributed by atoms with Gasteiger partial charge in [0, 0.05) is 14.1 Å². The van der Waals surface area contributed by atoms with E-state index in [-0.39, 0.29) is 0 Å². The molecule has 0 radical (unpaired) electrons. The number of aromatic nitrogens is 3. The Morgan fingerprint density at radius 2 is 2.07 bits per heavy atom. The summed E-state index contributed by atoms with van der Waals surface area (Å²) in [6, 6.07) is 5.45. The molecule has 0 aromatic carbocycles. The lowest BCUT2D eigenvalue weighted by Gasteiger charge is -2.03. The molecule has 0 N–H and O–H groups in total. The first-order chi connectivity index (χ1) is 7.16. The van der Waals surface area contributed by atoms with Crippen molar-refractivity contribution in [3.8, 4) is 10.7 Å². The fourth-order valence-corrected chi connectivity index (χ4v) is 1.93. The summed E-state index contributed by atoms with van der Waals surface area (Å²) in [4.78, 5) is 6.08. The quantitative estimate of drug-likeness (QED) is 0.756. The van der Waals surface area contributed by atoms with E-state index >= 15 is 0 Å². The van der Waals surface area contributed by atoms with E-state index in [4.69, 9.17) is 11.6 Å². The summed E-state index contributed by atoms with van der Waals surface area (Å²) in [5.74, 6) is 0. The molecule has 0 aliphatic rings. The van der Waals surface area contributed by atoms with E-state index in [2.05, 4.69) is 15.2 Å². The molecule has 0 aliphatic carbocycles. The summed E-state index contributed by atoms with van der Waals surface area (Å²) in [5.41, 5.74) is 0.758. The van der Waals surface area contributed by atoms with Gasteiger partial charge in [-0.3, -0.25) is 0 Å². The minimum Gasteiger partial charge on any atom is -0.353 e. The Bertz CT molecular complexity index is 469. The average Bonchev–Trinajstić information content (AvgIpc) is 2.66. The topological polar surface area (TPSA) is 41.9 Å². The van der Waals surface area contributed by atoms with Crippen LogP contribution in [0.5, 0.6) is 0 Å². The summed E-state index contributed by atoms with van der Waals surface area (Å²) in [5, 5.41) is 10.2. The number of nitrogens with zero attached hydrogens (tertiary/aromatic N) is 4. The number of hydrogen-bond acceptors (Lipinski definition) is 5. The van der Waals surface area contributed by atoms with Gasteiger partial charge in [-0.1, -0.05) is 29.0 Å². The van der Waals surface area contributed by atoms with Gasteiger partial charge in [0.25, 0.3) is 0 Å². The lowest BCUT2D eigenvalue weighted by molar-refractivity contribution is 1.02. The number of anilines is 1. The minimum absolute atomic E-state index is 0.467. The van der Waals surface area contributed by atoms with Crippen molar-refractivity contribution in [2.75, 3.05) is 19.0 Å². The van der Waals surface area contributed by atoms with E-state index in [1.807, 2.05) is 31.1 Å².